The normalized spacial score (nSPS) is 15.8. The first kappa shape index (κ1) is 58.2. The van der Waals surface area contributed by atoms with Crippen molar-refractivity contribution >= 4 is 28.9 Å². The number of hydrogen-bond acceptors (Lipinski definition) is 4. The van der Waals surface area contributed by atoms with Gasteiger partial charge in [0.1, 0.15) is 5.69 Å². The molecule has 2 amide bonds. The van der Waals surface area contributed by atoms with Gasteiger partial charge < -0.3 is 10.6 Å². The van der Waals surface area contributed by atoms with Crippen molar-refractivity contribution in [3.8, 4) is 0 Å². The van der Waals surface area contributed by atoms with Gasteiger partial charge in [0.05, 0.1) is 4.92 Å². The molecule has 0 aliphatic carbocycles. The van der Waals surface area contributed by atoms with Gasteiger partial charge >= 0.3 is 107 Å². The SMILES string of the molecule is O=C(Nc1ccc([N+](=O)[O-])c(NC(=O)C(F)(F)C(F)(F)C(F)(F)C(F)(F)C(F)(F)C(F)(F)C(F)(F)C(F)(F)F)c1)C(F)(F)C(F)(F)C(F)(F)C(F)(F)C(F)(F)C(F)(F)C(F)(F)C(F)(F)F. The summed E-state index contributed by atoms with van der Waals surface area (Å²) in [5.74, 6) is -134. The van der Waals surface area contributed by atoms with Crippen molar-refractivity contribution in [3.63, 3.8) is 0 Å². The van der Waals surface area contributed by atoms with E-state index in [1.165, 1.54) is 0 Å². The van der Waals surface area contributed by atoms with Crippen molar-refractivity contribution in [2.45, 2.75) is 95.3 Å². The molecule has 0 aromatic heterocycles. The van der Waals surface area contributed by atoms with E-state index in [2.05, 4.69) is 0 Å². The lowest BCUT2D eigenvalue weighted by Crippen LogP contribution is -2.75. The fourth-order valence-corrected chi connectivity index (χ4v) is 3.90. The minimum Gasteiger partial charge on any atom is -0.321 e. The van der Waals surface area contributed by atoms with E-state index in [0.29, 0.717) is 0 Å². The van der Waals surface area contributed by atoms with Gasteiger partial charge in [-0.15, -0.1) is 0 Å². The number of halogens is 34. The monoisotopic (exact) mass is 1040 g/mol. The maximum atomic E-state index is 14.3. The third kappa shape index (κ3) is 7.73. The number of carbonyl (C=O) groups is 2. The number of nitrogens with zero attached hydrogens (tertiary/aromatic N) is 1. The van der Waals surface area contributed by atoms with Crippen LogP contribution in [0, 0.1) is 10.1 Å². The number of nitro groups is 1. The van der Waals surface area contributed by atoms with Gasteiger partial charge in [-0.2, -0.15) is 149 Å². The molecule has 378 valence electrons. The number of alkyl halides is 34. The molecule has 0 bridgehead atoms. The van der Waals surface area contributed by atoms with E-state index >= 15 is 0 Å². The second-order valence-electron chi connectivity index (χ2n) is 11.9. The highest BCUT2D eigenvalue weighted by Crippen LogP contribution is 2.66. The maximum Gasteiger partial charge on any atom is 0.460 e. The van der Waals surface area contributed by atoms with Gasteiger partial charge in [-0.1, -0.05) is 0 Å². The minimum absolute atomic E-state index is 0.105. The van der Waals surface area contributed by atoms with Crippen molar-refractivity contribution in [2.75, 3.05) is 10.6 Å². The van der Waals surface area contributed by atoms with E-state index in [1.807, 2.05) is 0 Å². The van der Waals surface area contributed by atoms with Gasteiger partial charge in [0, 0.05) is 11.8 Å². The predicted octanol–water partition coefficient (Wildman–Crippen LogP) is 11.5. The highest BCUT2D eigenvalue weighted by atomic mass is 19.4. The van der Waals surface area contributed by atoms with Crippen LogP contribution in [0.5, 0.6) is 0 Å². The van der Waals surface area contributed by atoms with Crippen molar-refractivity contribution < 1.29 is 164 Å². The highest BCUT2D eigenvalue weighted by Gasteiger charge is 2.97. The number of nitrogens with one attached hydrogen (secondary N) is 2. The van der Waals surface area contributed by atoms with Crippen LogP contribution in [0.25, 0.3) is 0 Å². The Labute approximate surface area is 328 Å². The number of carbonyl (C=O) groups excluding carboxylic acids is 2. The first-order chi connectivity index (χ1) is 27.8. The van der Waals surface area contributed by atoms with E-state index in [1.54, 1.807) is 0 Å². The Morgan fingerprint density at radius 2 is 0.600 bits per heavy atom. The first-order valence-electron chi connectivity index (χ1n) is 14.2. The Hall–Kier alpha value is -4.82. The summed E-state index contributed by atoms with van der Waals surface area (Å²) >= 11 is 0. The van der Waals surface area contributed by atoms with Crippen LogP contribution in [0.1, 0.15) is 0 Å². The van der Waals surface area contributed by atoms with Gasteiger partial charge in [-0.3, -0.25) is 19.7 Å². The van der Waals surface area contributed by atoms with Gasteiger partial charge in [0.25, 0.3) is 5.69 Å². The number of anilines is 2. The van der Waals surface area contributed by atoms with Crippen LogP contribution in [-0.2, 0) is 9.59 Å². The molecule has 0 fully saturated rings. The molecule has 2 N–H and O–H groups in total. The van der Waals surface area contributed by atoms with Crippen LogP contribution < -0.4 is 10.6 Å². The van der Waals surface area contributed by atoms with Crippen LogP contribution >= 0.6 is 0 Å². The van der Waals surface area contributed by atoms with Gasteiger partial charge in [-0.25, -0.2) is 0 Å². The molecule has 0 aliphatic heterocycles. The molecule has 0 saturated carbocycles. The third-order valence-electron chi connectivity index (χ3n) is 7.71. The Balaban J connectivity index is 3.83. The number of benzene rings is 1. The molecule has 0 spiro atoms. The largest absolute Gasteiger partial charge is 0.460 e. The summed E-state index contributed by atoms with van der Waals surface area (Å²) in [7, 11) is 0. The topological polar surface area (TPSA) is 101 Å². The molecule has 1 rings (SSSR count). The molecule has 0 atom stereocenters. The molecule has 0 aliphatic rings. The molecule has 1 aromatic rings. The van der Waals surface area contributed by atoms with Crippen molar-refractivity contribution in [3.05, 3.63) is 28.3 Å². The smallest absolute Gasteiger partial charge is 0.321 e. The van der Waals surface area contributed by atoms with Crippen molar-refractivity contribution in [1.29, 1.82) is 0 Å². The zero-order chi connectivity index (χ0) is 53.0. The summed E-state index contributed by atoms with van der Waals surface area (Å²) in [6, 6.07) is -2.42. The lowest BCUT2D eigenvalue weighted by atomic mass is 9.88. The highest BCUT2D eigenvalue weighted by molar-refractivity contribution is 6.01. The summed E-state index contributed by atoms with van der Waals surface area (Å²) < 4.78 is 459. The maximum absolute atomic E-state index is 14.3. The molecule has 65 heavy (non-hydrogen) atoms. The van der Waals surface area contributed by atoms with Crippen LogP contribution in [0.3, 0.4) is 0 Å². The zero-order valence-corrected chi connectivity index (χ0v) is 28.2. The van der Waals surface area contributed by atoms with E-state index in [-0.39, 0.29) is 10.6 Å². The third-order valence-corrected chi connectivity index (χ3v) is 7.71. The number of amides is 2. The second-order valence-corrected chi connectivity index (χ2v) is 11.9. The lowest BCUT2D eigenvalue weighted by Gasteiger charge is -2.42. The van der Waals surface area contributed by atoms with Crippen molar-refractivity contribution in [1.82, 2.24) is 0 Å². The Bertz CT molecular complexity index is 2000. The van der Waals surface area contributed by atoms with E-state index in [0.717, 1.165) is 0 Å². The predicted molar refractivity (Wildman–Crippen MR) is 132 cm³/mol. The van der Waals surface area contributed by atoms with E-state index in [4.69, 9.17) is 0 Å². The Kier molecular flexibility index (Phi) is 13.8. The summed E-state index contributed by atoms with van der Waals surface area (Å²) in [6.07, 6.45) is -16.4. The molecule has 41 heteroatoms. The van der Waals surface area contributed by atoms with Crippen molar-refractivity contribution in [2.24, 2.45) is 0 Å². The van der Waals surface area contributed by atoms with E-state index < -0.39 is 147 Å². The summed E-state index contributed by atoms with van der Waals surface area (Å²) in [6.45, 7) is 0. The molecule has 0 saturated heterocycles. The minimum atomic E-state index is -9.33. The second kappa shape index (κ2) is 15.4. The molecular formula is C24H5F34N3O4. The van der Waals surface area contributed by atoms with Crippen LogP contribution in [0.4, 0.5) is 166 Å². The lowest BCUT2D eigenvalue weighted by molar-refractivity contribution is -0.459. The average molecular weight is 1050 g/mol. The quantitative estimate of drug-likeness (QED) is 0.0922. The molecule has 7 nitrogen and oxygen atoms in total. The fourth-order valence-electron chi connectivity index (χ4n) is 3.90. The number of hydrogen-bond donors (Lipinski definition) is 2. The van der Waals surface area contributed by atoms with Crippen LogP contribution in [0.15, 0.2) is 18.2 Å². The van der Waals surface area contributed by atoms with E-state index in [9.17, 15) is 169 Å². The van der Waals surface area contributed by atoms with Crippen LogP contribution in [0.2, 0.25) is 0 Å². The van der Waals surface area contributed by atoms with Gasteiger partial charge in [0.2, 0.25) is 0 Å². The standard InChI is InChI=1S/C24H5F34N3O4/c25-9(26,11(29,30)13(33,34)15(37,38)17(41,42)19(45,46)21(49,50)23(53,54)55)7(62)59-4-1-2-6(61(64)65)5(3-4)60-8(63)10(27,28)12(31,32)14(35,36)16(39,40)18(43,44)20(47,48)22(51,52)24(56,57)58/h1-3H,(H,59,62)(H,60,63). The first-order valence-corrected chi connectivity index (χ1v) is 14.2. The number of rotatable bonds is 17. The molecule has 0 unspecified atom stereocenters. The van der Waals surface area contributed by atoms with Gasteiger partial charge in [0.15, 0.2) is 0 Å². The van der Waals surface area contributed by atoms with Gasteiger partial charge in [-0.05, 0) is 12.1 Å². The molecule has 0 heterocycles. The average Bonchev–Trinajstić information content (AvgIpc) is 3.09. The fraction of sp³-hybridized carbons (Fsp3) is 0.667. The number of nitro benzene ring substituents is 1. The molecule has 0 radical (unpaired) electrons. The molecular weight excluding hydrogens is 1040 g/mol. The van der Waals surface area contributed by atoms with Crippen LogP contribution in [-0.4, -0.2) is 112 Å². The summed E-state index contributed by atoms with van der Waals surface area (Å²) in [5, 5.41) is 10.8. The zero-order valence-electron chi connectivity index (χ0n) is 28.2. The Morgan fingerprint density at radius 3 is 0.846 bits per heavy atom. The summed E-state index contributed by atoms with van der Waals surface area (Å²) in [4.78, 5) is 32.5. The Morgan fingerprint density at radius 1 is 0.369 bits per heavy atom. The summed E-state index contributed by atoms with van der Waals surface area (Å²) in [5.41, 5.74) is -7.54. The molecule has 1 aromatic carbocycles.